The molecule has 0 amide bonds. The summed E-state index contributed by atoms with van der Waals surface area (Å²) in [5.41, 5.74) is 3.03. The van der Waals surface area contributed by atoms with Gasteiger partial charge in [-0.1, -0.05) is 27.7 Å². The number of carbonyl (C=O) groups excluding carboxylic acids is 2. The first-order valence-corrected chi connectivity index (χ1v) is 13.0. The van der Waals surface area contributed by atoms with Crippen molar-refractivity contribution < 1.29 is 24.6 Å². The van der Waals surface area contributed by atoms with E-state index in [4.69, 9.17) is 0 Å². The van der Waals surface area contributed by atoms with E-state index in [0.717, 1.165) is 17.0 Å². The Hall–Kier alpha value is -1.93. The highest BCUT2D eigenvalue weighted by molar-refractivity contribution is 9.11. The minimum Gasteiger partial charge on any atom is -0.506 e. The highest BCUT2D eigenvalue weighted by Gasteiger charge is 2.49. The molecule has 3 aliphatic rings. The van der Waals surface area contributed by atoms with Crippen LogP contribution in [-0.4, -0.2) is 39.2 Å². The van der Waals surface area contributed by atoms with Crippen LogP contribution in [0.5, 0.6) is 5.75 Å². The number of nitrogens with zero attached hydrogens (tertiary/aromatic N) is 1. The highest BCUT2D eigenvalue weighted by atomic mass is 79.9. The molecule has 0 radical (unpaired) electrons. The molecule has 6 nitrogen and oxygen atoms in total. The molecule has 0 saturated carbocycles. The van der Waals surface area contributed by atoms with Gasteiger partial charge in [-0.05, 0) is 73.2 Å². The van der Waals surface area contributed by atoms with Crippen LogP contribution < -0.4 is 0 Å². The van der Waals surface area contributed by atoms with Crippen molar-refractivity contribution in [3.05, 3.63) is 49.2 Å². The maximum absolute atomic E-state index is 13.6. The lowest BCUT2D eigenvalue weighted by molar-refractivity contribution is -0.137. The van der Waals surface area contributed by atoms with Crippen molar-refractivity contribution in [2.75, 3.05) is 6.54 Å². The average molecular weight is 595 g/mol. The zero-order valence-corrected chi connectivity index (χ0v) is 23.0. The average Bonchev–Trinajstić information content (AvgIpc) is 2.67. The summed E-state index contributed by atoms with van der Waals surface area (Å²) in [6.45, 7) is 8.41. The van der Waals surface area contributed by atoms with Crippen molar-refractivity contribution in [1.82, 2.24) is 4.90 Å². The highest BCUT2D eigenvalue weighted by Crippen LogP contribution is 2.55. The molecule has 0 spiro atoms. The molecule has 0 fully saturated rings. The van der Waals surface area contributed by atoms with Gasteiger partial charge in [0.25, 0.3) is 0 Å². The number of aliphatic carboxylic acids is 1. The molecule has 0 aromatic heterocycles. The van der Waals surface area contributed by atoms with E-state index in [9.17, 15) is 24.6 Å². The Kier molecular flexibility index (Phi) is 6.39. The fourth-order valence-electron chi connectivity index (χ4n) is 5.61. The molecule has 0 bridgehead atoms. The summed E-state index contributed by atoms with van der Waals surface area (Å²) < 4.78 is 0.948. The normalized spacial score (nSPS) is 22.1. The zero-order valence-electron chi connectivity index (χ0n) is 19.8. The summed E-state index contributed by atoms with van der Waals surface area (Å²) >= 11 is 6.80. The summed E-state index contributed by atoms with van der Waals surface area (Å²) in [6.07, 6.45) is 1.87. The lowest BCUT2D eigenvalue weighted by Gasteiger charge is -2.49. The number of rotatable bonds is 4. The van der Waals surface area contributed by atoms with Gasteiger partial charge < -0.3 is 15.1 Å². The van der Waals surface area contributed by atoms with Crippen LogP contribution in [0, 0.1) is 10.8 Å². The van der Waals surface area contributed by atoms with E-state index < -0.39 is 11.9 Å². The number of carboxylic acid groups (broad SMARTS) is 1. The van der Waals surface area contributed by atoms with Gasteiger partial charge in [0.1, 0.15) is 5.75 Å². The van der Waals surface area contributed by atoms with E-state index in [1.165, 1.54) is 0 Å². The molecular weight excluding hydrogens is 566 g/mol. The summed E-state index contributed by atoms with van der Waals surface area (Å²) in [4.78, 5) is 40.8. The Morgan fingerprint density at radius 1 is 0.941 bits per heavy atom. The first-order valence-electron chi connectivity index (χ1n) is 11.4. The number of carboxylic acids is 1. The van der Waals surface area contributed by atoms with Gasteiger partial charge in [-0.2, -0.15) is 0 Å². The predicted octanol–water partition coefficient (Wildman–Crippen LogP) is 6.08. The van der Waals surface area contributed by atoms with E-state index in [0.29, 0.717) is 45.8 Å². The number of phenols is 1. The molecular formula is C26H29Br2NO5. The number of ketones is 2. The summed E-state index contributed by atoms with van der Waals surface area (Å²) in [5, 5.41) is 19.7. The van der Waals surface area contributed by atoms with Crippen molar-refractivity contribution >= 4 is 49.4 Å². The van der Waals surface area contributed by atoms with E-state index in [-0.39, 0.29) is 41.1 Å². The first-order chi connectivity index (χ1) is 15.7. The lowest BCUT2D eigenvalue weighted by Crippen LogP contribution is -2.45. The van der Waals surface area contributed by atoms with Crippen LogP contribution in [0.4, 0.5) is 0 Å². The maximum atomic E-state index is 13.6. The molecule has 1 heterocycles. The fraction of sp³-hybridized carbons (Fsp3) is 0.500. The van der Waals surface area contributed by atoms with Crippen molar-refractivity contribution in [2.45, 2.75) is 65.7 Å². The van der Waals surface area contributed by atoms with Crippen LogP contribution in [0.15, 0.2) is 43.6 Å². The molecule has 4 rings (SSSR count). The van der Waals surface area contributed by atoms with Gasteiger partial charge >= 0.3 is 5.97 Å². The molecule has 2 aliphatic carbocycles. The Balaban J connectivity index is 2.01. The van der Waals surface area contributed by atoms with Crippen LogP contribution >= 0.6 is 31.9 Å². The van der Waals surface area contributed by atoms with Gasteiger partial charge in [0.2, 0.25) is 0 Å². The Morgan fingerprint density at radius 2 is 1.38 bits per heavy atom. The van der Waals surface area contributed by atoms with Crippen molar-refractivity contribution in [2.24, 2.45) is 10.8 Å². The molecule has 0 atom stereocenters. The van der Waals surface area contributed by atoms with Gasteiger partial charge in [0, 0.05) is 47.8 Å². The third-order valence-corrected chi connectivity index (χ3v) is 8.15. The number of aromatic hydroxyl groups is 1. The van der Waals surface area contributed by atoms with Gasteiger partial charge in [-0.15, -0.1) is 0 Å². The number of halogens is 2. The standard InChI is InChI=1S/C26H29Br2NO5/c1-25(2)9-16-22(18(30)11-25)21(13-7-14(27)24(34)15(28)8-13)23-17(29(16)6-5-20(32)33)10-26(3,4)12-19(23)31/h7-8,21,34H,5-6,9-12H2,1-4H3,(H,32,33). The molecule has 2 N–H and O–H groups in total. The second kappa shape index (κ2) is 8.63. The van der Waals surface area contributed by atoms with Crippen LogP contribution in [0.2, 0.25) is 0 Å². The number of carbonyl (C=O) groups is 3. The van der Waals surface area contributed by atoms with E-state index in [2.05, 4.69) is 31.9 Å². The van der Waals surface area contributed by atoms with E-state index >= 15 is 0 Å². The molecule has 1 aromatic carbocycles. The second-order valence-corrected chi connectivity index (χ2v) is 12.9. The number of benzene rings is 1. The monoisotopic (exact) mass is 593 g/mol. The van der Waals surface area contributed by atoms with Crippen molar-refractivity contribution in [1.29, 1.82) is 0 Å². The predicted molar refractivity (Wildman–Crippen MR) is 135 cm³/mol. The summed E-state index contributed by atoms with van der Waals surface area (Å²) in [6, 6.07) is 3.54. The molecule has 8 heteroatoms. The largest absolute Gasteiger partial charge is 0.506 e. The Bertz CT molecular complexity index is 1100. The van der Waals surface area contributed by atoms with E-state index in [1.54, 1.807) is 12.1 Å². The van der Waals surface area contributed by atoms with Gasteiger partial charge in [0.15, 0.2) is 11.6 Å². The van der Waals surface area contributed by atoms with Gasteiger partial charge in [-0.3, -0.25) is 14.4 Å². The summed E-state index contributed by atoms with van der Waals surface area (Å²) in [5.74, 6) is -1.44. The molecule has 1 aromatic rings. The molecule has 0 saturated heterocycles. The SMILES string of the molecule is CC1(C)CC(=O)C2=C(C1)N(CCC(=O)O)C1=C(C(=O)CC(C)(C)C1)C2c1cc(Br)c(O)c(Br)c1. The maximum Gasteiger partial charge on any atom is 0.305 e. The Labute approximate surface area is 216 Å². The zero-order chi connectivity index (χ0) is 25.2. The number of Topliss-reactive ketones (excluding diaryl/α,β-unsaturated/α-hetero) is 2. The number of hydrogen-bond donors (Lipinski definition) is 2. The van der Waals surface area contributed by atoms with Crippen molar-refractivity contribution in [3.63, 3.8) is 0 Å². The van der Waals surface area contributed by atoms with Gasteiger partial charge in [0.05, 0.1) is 15.4 Å². The quantitative estimate of drug-likeness (QED) is 0.439. The Morgan fingerprint density at radius 3 is 1.79 bits per heavy atom. The number of phenolic OH excluding ortho intramolecular Hbond substituents is 1. The molecule has 1 aliphatic heterocycles. The van der Waals surface area contributed by atoms with E-state index in [1.807, 2.05) is 32.6 Å². The van der Waals surface area contributed by atoms with Crippen LogP contribution in [0.3, 0.4) is 0 Å². The minimum absolute atomic E-state index is 0.0129. The topological polar surface area (TPSA) is 94.9 Å². The third-order valence-electron chi connectivity index (χ3n) is 6.94. The van der Waals surface area contributed by atoms with Crippen molar-refractivity contribution in [3.8, 4) is 5.75 Å². The fourth-order valence-corrected chi connectivity index (χ4v) is 6.83. The van der Waals surface area contributed by atoms with Crippen LogP contribution in [0.25, 0.3) is 0 Å². The number of allylic oxidation sites excluding steroid dienone is 4. The summed E-state index contributed by atoms with van der Waals surface area (Å²) in [7, 11) is 0. The molecule has 34 heavy (non-hydrogen) atoms. The van der Waals surface area contributed by atoms with Crippen LogP contribution in [0.1, 0.15) is 71.3 Å². The van der Waals surface area contributed by atoms with Crippen LogP contribution in [-0.2, 0) is 14.4 Å². The van der Waals surface area contributed by atoms with Gasteiger partial charge in [-0.25, -0.2) is 0 Å². The smallest absolute Gasteiger partial charge is 0.305 e. The molecule has 0 unspecified atom stereocenters. The number of hydrogen-bond acceptors (Lipinski definition) is 5. The first kappa shape index (κ1) is 25.2. The second-order valence-electron chi connectivity index (χ2n) is 11.2. The third kappa shape index (κ3) is 4.51. The molecule has 182 valence electrons. The minimum atomic E-state index is -0.916. The lowest BCUT2D eigenvalue weighted by atomic mass is 9.63.